The molecule has 0 aliphatic carbocycles. The molecule has 58 heavy (non-hydrogen) atoms. The number of hydrogen-bond acceptors (Lipinski definition) is 6. The summed E-state index contributed by atoms with van der Waals surface area (Å²) in [6, 6.07) is 0. The van der Waals surface area contributed by atoms with Crippen molar-refractivity contribution in [2.45, 2.75) is 239 Å². The van der Waals surface area contributed by atoms with Crippen LogP contribution in [0, 0.1) is 0 Å². The van der Waals surface area contributed by atoms with Gasteiger partial charge in [0.2, 0.25) is 0 Å². The van der Waals surface area contributed by atoms with E-state index < -0.39 is 6.10 Å². The second-order valence-corrected chi connectivity index (χ2v) is 16.0. The predicted molar refractivity (Wildman–Crippen MR) is 247 cm³/mol. The van der Waals surface area contributed by atoms with Gasteiger partial charge in [0.1, 0.15) is 13.2 Å². The lowest BCUT2D eigenvalue weighted by molar-refractivity contribution is -0.167. The fourth-order valence-electron chi connectivity index (χ4n) is 6.63. The Kier molecular flexibility index (Phi) is 44.5. The van der Waals surface area contributed by atoms with Gasteiger partial charge < -0.3 is 14.2 Å². The Hall–Kier alpha value is -2.89. The molecule has 0 aromatic heterocycles. The molecule has 0 spiro atoms. The molecule has 0 heterocycles. The van der Waals surface area contributed by atoms with E-state index in [-0.39, 0.29) is 31.1 Å². The van der Waals surface area contributed by atoms with Crippen LogP contribution in [0.25, 0.3) is 0 Å². The van der Waals surface area contributed by atoms with E-state index in [4.69, 9.17) is 14.2 Å². The maximum Gasteiger partial charge on any atom is 0.306 e. The first-order chi connectivity index (χ1) is 28.5. The molecule has 0 aliphatic heterocycles. The van der Waals surface area contributed by atoms with Crippen LogP contribution in [0.2, 0.25) is 0 Å². The lowest BCUT2D eigenvalue weighted by atomic mass is 10.1. The first kappa shape index (κ1) is 55.1. The number of rotatable bonds is 43. The van der Waals surface area contributed by atoms with Crippen molar-refractivity contribution in [1.29, 1.82) is 0 Å². The lowest BCUT2D eigenvalue weighted by Crippen LogP contribution is -2.30. The van der Waals surface area contributed by atoms with Crippen molar-refractivity contribution in [1.82, 2.24) is 0 Å². The first-order valence-corrected chi connectivity index (χ1v) is 24.3. The standard InChI is InChI=1S/C52H90O6/c1-4-7-10-13-16-19-21-23-24-25-26-27-28-29-31-33-36-39-42-45-51(54)57-48-49(47-56-50(53)44-41-38-35-32-18-15-12-9-6-3)58-52(55)46-43-40-37-34-30-22-20-17-14-11-8-5-2/h8-9,11-12,17-18,20,25-26,32,49H,4-7,10,13-16,19,21-24,27-31,33-48H2,1-3H3/b11-8-,12-9-,20-17-,26-25-,32-18-. The van der Waals surface area contributed by atoms with Crippen molar-refractivity contribution < 1.29 is 28.6 Å². The van der Waals surface area contributed by atoms with E-state index in [9.17, 15) is 14.4 Å². The fraction of sp³-hybridized carbons (Fsp3) is 0.750. The number of hydrogen-bond donors (Lipinski definition) is 0. The Morgan fingerprint density at radius 2 is 0.672 bits per heavy atom. The summed E-state index contributed by atoms with van der Waals surface area (Å²) in [6.07, 6.45) is 56.5. The Morgan fingerprint density at radius 3 is 1.09 bits per heavy atom. The molecule has 0 aromatic carbocycles. The number of carbonyl (C=O) groups excluding carboxylic acids is 3. The summed E-state index contributed by atoms with van der Waals surface area (Å²) < 4.78 is 16.7. The third kappa shape index (κ3) is 44.2. The van der Waals surface area contributed by atoms with Crippen LogP contribution < -0.4 is 0 Å². The van der Waals surface area contributed by atoms with Gasteiger partial charge in [-0.2, -0.15) is 0 Å². The Bertz CT molecular complexity index is 1070. The van der Waals surface area contributed by atoms with E-state index in [1.807, 2.05) is 0 Å². The molecule has 0 aliphatic rings. The van der Waals surface area contributed by atoms with Gasteiger partial charge >= 0.3 is 17.9 Å². The molecule has 0 rings (SSSR count). The van der Waals surface area contributed by atoms with Crippen LogP contribution in [0.4, 0.5) is 0 Å². The normalized spacial score (nSPS) is 12.5. The van der Waals surface area contributed by atoms with Crippen molar-refractivity contribution in [3.8, 4) is 0 Å². The van der Waals surface area contributed by atoms with E-state index >= 15 is 0 Å². The maximum atomic E-state index is 12.7. The van der Waals surface area contributed by atoms with E-state index in [0.29, 0.717) is 19.3 Å². The number of esters is 3. The third-order valence-corrected chi connectivity index (χ3v) is 10.2. The highest BCUT2D eigenvalue weighted by molar-refractivity contribution is 5.71. The molecule has 0 saturated heterocycles. The molecule has 0 bridgehead atoms. The Balaban J connectivity index is 4.31. The van der Waals surface area contributed by atoms with Gasteiger partial charge in [0, 0.05) is 19.3 Å². The molecule has 1 unspecified atom stereocenters. The number of carbonyl (C=O) groups is 3. The summed E-state index contributed by atoms with van der Waals surface area (Å²) in [7, 11) is 0. The van der Waals surface area contributed by atoms with Gasteiger partial charge in [-0.05, 0) is 96.3 Å². The predicted octanol–water partition coefficient (Wildman–Crippen LogP) is 15.7. The largest absolute Gasteiger partial charge is 0.462 e. The summed E-state index contributed by atoms with van der Waals surface area (Å²) in [4.78, 5) is 37.7. The molecule has 334 valence electrons. The van der Waals surface area contributed by atoms with E-state index in [0.717, 1.165) is 103 Å². The zero-order valence-corrected chi connectivity index (χ0v) is 38.0. The topological polar surface area (TPSA) is 78.9 Å². The monoisotopic (exact) mass is 811 g/mol. The van der Waals surface area contributed by atoms with E-state index in [1.165, 1.54) is 89.9 Å². The molecule has 0 amide bonds. The van der Waals surface area contributed by atoms with Gasteiger partial charge in [0.15, 0.2) is 6.10 Å². The van der Waals surface area contributed by atoms with Crippen molar-refractivity contribution in [2.24, 2.45) is 0 Å². The van der Waals surface area contributed by atoms with E-state index in [2.05, 4.69) is 81.5 Å². The molecule has 0 saturated carbocycles. The number of ether oxygens (including phenoxy) is 3. The van der Waals surface area contributed by atoms with Gasteiger partial charge in [-0.15, -0.1) is 0 Å². The average molecular weight is 811 g/mol. The second-order valence-electron chi connectivity index (χ2n) is 16.0. The van der Waals surface area contributed by atoms with Crippen LogP contribution in [0.15, 0.2) is 60.8 Å². The van der Waals surface area contributed by atoms with Crippen LogP contribution in [0.5, 0.6) is 0 Å². The van der Waals surface area contributed by atoms with Gasteiger partial charge in [-0.25, -0.2) is 0 Å². The number of allylic oxidation sites excluding steroid dienone is 10. The minimum atomic E-state index is -0.793. The van der Waals surface area contributed by atoms with Crippen LogP contribution >= 0.6 is 0 Å². The van der Waals surface area contributed by atoms with Gasteiger partial charge in [0.05, 0.1) is 0 Å². The van der Waals surface area contributed by atoms with Crippen molar-refractivity contribution in [2.75, 3.05) is 13.2 Å². The fourth-order valence-corrected chi connectivity index (χ4v) is 6.63. The highest BCUT2D eigenvalue weighted by Gasteiger charge is 2.19. The van der Waals surface area contributed by atoms with Crippen LogP contribution in [-0.2, 0) is 28.6 Å². The van der Waals surface area contributed by atoms with Crippen molar-refractivity contribution in [3.63, 3.8) is 0 Å². The van der Waals surface area contributed by atoms with Crippen LogP contribution in [0.1, 0.15) is 233 Å². The summed E-state index contributed by atoms with van der Waals surface area (Å²) in [5.41, 5.74) is 0. The van der Waals surface area contributed by atoms with Gasteiger partial charge in [-0.3, -0.25) is 14.4 Å². The molecular weight excluding hydrogens is 721 g/mol. The molecule has 0 fully saturated rings. The van der Waals surface area contributed by atoms with E-state index in [1.54, 1.807) is 0 Å². The van der Waals surface area contributed by atoms with Gasteiger partial charge in [-0.1, -0.05) is 178 Å². The molecular formula is C52H90O6. The van der Waals surface area contributed by atoms with Crippen molar-refractivity contribution in [3.05, 3.63) is 60.8 Å². The SMILES string of the molecule is CC/C=C\C/C=C\CCCCCCCC(=O)OC(COC(=O)CCCC/C=C\C/C=C\CC)COC(=O)CCCCCCCCC/C=C\CCCCCCCCCC. The molecule has 6 nitrogen and oxygen atoms in total. The first-order valence-electron chi connectivity index (χ1n) is 24.3. The summed E-state index contributed by atoms with van der Waals surface area (Å²) in [6.45, 7) is 6.35. The zero-order chi connectivity index (χ0) is 42.3. The smallest absolute Gasteiger partial charge is 0.306 e. The maximum absolute atomic E-state index is 12.7. The van der Waals surface area contributed by atoms with Gasteiger partial charge in [0.25, 0.3) is 0 Å². The summed E-state index contributed by atoms with van der Waals surface area (Å²) >= 11 is 0. The molecule has 0 radical (unpaired) electrons. The molecule has 1 atom stereocenters. The van der Waals surface area contributed by atoms with Crippen LogP contribution in [0.3, 0.4) is 0 Å². The summed E-state index contributed by atoms with van der Waals surface area (Å²) in [5.74, 6) is -0.952. The molecule has 0 N–H and O–H groups in total. The summed E-state index contributed by atoms with van der Waals surface area (Å²) in [5, 5.41) is 0. The highest BCUT2D eigenvalue weighted by atomic mass is 16.6. The molecule has 6 heteroatoms. The second kappa shape index (κ2) is 46.8. The molecule has 0 aromatic rings. The lowest BCUT2D eigenvalue weighted by Gasteiger charge is -2.18. The zero-order valence-electron chi connectivity index (χ0n) is 38.0. The quantitative estimate of drug-likeness (QED) is 0.0264. The Morgan fingerprint density at radius 1 is 0.362 bits per heavy atom. The number of unbranched alkanes of at least 4 members (excludes halogenated alkanes) is 22. The minimum absolute atomic E-state index is 0.0928. The highest BCUT2D eigenvalue weighted by Crippen LogP contribution is 2.14. The Labute approximate surface area is 358 Å². The average Bonchev–Trinajstić information content (AvgIpc) is 3.22. The minimum Gasteiger partial charge on any atom is -0.462 e. The third-order valence-electron chi connectivity index (χ3n) is 10.2. The van der Waals surface area contributed by atoms with Crippen molar-refractivity contribution >= 4 is 17.9 Å². The van der Waals surface area contributed by atoms with Crippen LogP contribution in [-0.4, -0.2) is 37.2 Å².